The second-order valence-electron chi connectivity index (χ2n) is 14.1. The Bertz CT molecular complexity index is 1790. The average Bonchev–Trinajstić information content (AvgIpc) is 3.38. The number of hydrogen-bond donors (Lipinski definition) is 3. The van der Waals surface area contributed by atoms with Gasteiger partial charge in [0.05, 0.1) is 19.2 Å². The lowest BCUT2D eigenvalue weighted by atomic mass is 10.0. The number of fused-ring (bicyclic) bond motifs is 3. The van der Waals surface area contributed by atoms with E-state index in [4.69, 9.17) is 19.2 Å². The number of pyridine rings is 1. The van der Waals surface area contributed by atoms with Crippen LogP contribution in [0.2, 0.25) is 0 Å². The predicted octanol–water partition coefficient (Wildman–Crippen LogP) is 4.15. The first kappa shape index (κ1) is 34.7. The summed E-state index contributed by atoms with van der Waals surface area (Å²) < 4.78 is 19.1. The standard InChI is InChI=1S/C36H44N6O8/c1-35(2,3)50-34(47)39-26-12-9-7-5-6-8-11-22-20-36(22,33(45)46)40-31(43)28-18-24(21-41(28)32(26)44)49-29-19-30(42-16-10-15-37-42)38-27-17-23(48-4)13-14-25(27)29/h8,10-11,13-17,19,22,24,26,28H,5-7,9,12,18,20-21H2,1-4H3,(H,39,47)(H,40,43)(H,45,46)/b11-8-/t22-,24-,26?,28+,36-/m1/s1. The summed E-state index contributed by atoms with van der Waals surface area (Å²) in [6, 6.07) is 6.89. The largest absolute Gasteiger partial charge is 0.497 e. The van der Waals surface area contributed by atoms with Crippen LogP contribution in [0.15, 0.2) is 54.9 Å². The van der Waals surface area contributed by atoms with Crippen LogP contribution in [0, 0.1) is 5.92 Å². The number of rotatable bonds is 6. The number of hydrogen-bond acceptors (Lipinski definition) is 9. The Morgan fingerprint density at radius 1 is 1.14 bits per heavy atom. The van der Waals surface area contributed by atoms with Gasteiger partial charge in [0.25, 0.3) is 0 Å². The van der Waals surface area contributed by atoms with Crippen molar-refractivity contribution in [2.24, 2.45) is 5.92 Å². The molecule has 2 aliphatic heterocycles. The minimum atomic E-state index is -1.45. The summed E-state index contributed by atoms with van der Waals surface area (Å²) in [5.74, 6) is -0.973. The van der Waals surface area contributed by atoms with Crippen LogP contribution in [0.3, 0.4) is 0 Å². The highest BCUT2D eigenvalue weighted by atomic mass is 16.6. The molecule has 3 aliphatic rings. The number of aromatic nitrogens is 3. The van der Waals surface area contributed by atoms with Crippen molar-refractivity contribution in [2.75, 3.05) is 13.7 Å². The maximum absolute atomic E-state index is 14.4. The van der Waals surface area contributed by atoms with E-state index in [0.29, 0.717) is 41.1 Å². The van der Waals surface area contributed by atoms with Crippen molar-refractivity contribution in [3.8, 4) is 17.3 Å². The molecule has 50 heavy (non-hydrogen) atoms. The van der Waals surface area contributed by atoms with Gasteiger partial charge < -0.3 is 34.9 Å². The third-order valence-corrected chi connectivity index (χ3v) is 9.31. The number of methoxy groups -OCH3 is 1. The molecular formula is C36H44N6O8. The zero-order valence-electron chi connectivity index (χ0n) is 28.8. The third-order valence-electron chi connectivity index (χ3n) is 9.31. The highest BCUT2D eigenvalue weighted by molar-refractivity contribution is 5.96. The van der Waals surface area contributed by atoms with E-state index >= 15 is 0 Å². The van der Waals surface area contributed by atoms with Gasteiger partial charge in [-0.15, -0.1) is 0 Å². The molecule has 3 N–H and O–H groups in total. The summed E-state index contributed by atoms with van der Waals surface area (Å²) in [7, 11) is 1.57. The number of carboxylic acids is 1. The van der Waals surface area contributed by atoms with E-state index in [0.717, 1.165) is 19.3 Å². The Morgan fingerprint density at radius 3 is 2.68 bits per heavy atom. The van der Waals surface area contributed by atoms with Gasteiger partial charge in [-0.3, -0.25) is 9.59 Å². The van der Waals surface area contributed by atoms with E-state index in [9.17, 15) is 24.3 Å². The van der Waals surface area contributed by atoms with Crippen LogP contribution in [0.25, 0.3) is 16.7 Å². The molecule has 14 heteroatoms. The van der Waals surface area contributed by atoms with Gasteiger partial charge in [-0.1, -0.05) is 25.0 Å². The average molecular weight is 689 g/mol. The monoisotopic (exact) mass is 688 g/mol. The highest BCUT2D eigenvalue weighted by Gasteiger charge is 2.61. The SMILES string of the molecule is COc1ccc2c(O[C@@H]3C[C@H]4C(=O)N[C@]5(C(=O)O)C[C@H]5/C=C\CCCCCC(NC(=O)OC(C)(C)C)C(=O)N4C3)cc(-n3cccn3)nc2c1. The van der Waals surface area contributed by atoms with Gasteiger partial charge in [-0.2, -0.15) is 5.10 Å². The fourth-order valence-corrected chi connectivity index (χ4v) is 6.69. The van der Waals surface area contributed by atoms with Crippen molar-refractivity contribution < 1.29 is 38.5 Å². The second kappa shape index (κ2) is 14.0. The first-order chi connectivity index (χ1) is 23.9. The number of carboxylic acid groups (broad SMARTS) is 1. The molecule has 1 aromatic carbocycles. The zero-order chi connectivity index (χ0) is 35.6. The molecule has 0 spiro atoms. The molecule has 1 aliphatic carbocycles. The molecule has 5 atom stereocenters. The first-order valence-corrected chi connectivity index (χ1v) is 17.0. The topological polar surface area (TPSA) is 174 Å². The molecule has 266 valence electrons. The van der Waals surface area contributed by atoms with Gasteiger partial charge in [0.2, 0.25) is 11.8 Å². The quantitative estimate of drug-likeness (QED) is 0.319. The number of amides is 3. The smallest absolute Gasteiger partial charge is 0.408 e. The van der Waals surface area contributed by atoms with Crippen molar-refractivity contribution in [3.05, 3.63) is 54.9 Å². The van der Waals surface area contributed by atoms with Gasteiger partial charge in [0.15, 0.2) is 5.82 Å². The van der Waals surface area contributed by atoms with Gasteiger partial charge in [0, 0.05) is 42.3 Å². The number of nitrogens with zero attached hydrogens (tertiary/aromatic N) is 4. The molecular weight excluding hydrogens is 644 g/mol. The maximum Gasteiger partial charge on any atom is 0.408 e. The maximum atomic E-state index is 14.4. The minimum Gasteiger partial charge on any atom is -0.497 e. The van der Waals surface area contributed by atoms with Crippen LogP contribution in [0.5, 0.6) is 11.5 Å². The normalized spacial score (nSPS) is 26.4. The van der Waals surface area contributed by atoms with Crippen molar-refractivity contribution in [3.63, 3.8) is 0 Å². The van der Waals surface area contributed by atoms with Crippen LogP contribution >= 0.6 is 0 Å². The molecule has 0 bridgehead atoms. The van der Waals surface area contributed by atoms with E-state index in [1.165, 1.54) is 4.90 Å². The van der Waals surface area contributed by atoms with Gasteiger partial charge in [-0.05, 0) is 64.7 Å². The summed E-state index contributed by atoms with van der Waals surface area (Å²) in [6.07, 6.45) is 9.52. The van der Waals surface area contributed by atoms with Crippen LogP contribution < -0.4 is 20.1 Å². The van der Waals surface area contributed by atoms with E-state index < -0.39 is 53.2 Å². The molecule has 2 fully saturated rings. The Kier molecular flexibility index (Phi) is 9.72. The molecule has 1 saturated heterocycles. The molecule has 4 heterocycles. The van der Waals surface area contributed by atoms with Gasteiger partial charge >= 0.3 is 12.1 Å². The Labute approximate surface area is 290 Å². The van der Waals surface area contributed by atoms with Crippen LogP contribution in [-0.4, -0.2) is 91.6 Å². The Morgan fingerprint density at radius 2 is 1.96 bits per heavy atom. The number of alkyl carbamates (subject to hydrolysis) is 1. The lowest BCUT2D eigenvalue weighted by molar-refractivity contribution is -0.145. The number of nitrogens with one attached hydrogen (secondary N) is 2. The number of carbonyl (C=O) groups is 4. The molecule has 1 saturated carbocycles. The lowest BCUT2D eigenvalue weighted by Crippen LogP contribution is -2.56. The minimum absolute atomic E-state index is 0.0178. The lowest BCUT2D eigenvalue weighted by Gasteiger charge is -2.30. The number of allylic oxidation sites excluding steroid dienone is 1. The summed E-state index contributed by atoms with van der Waals surface area (Å²) in [6.45, 7) is 5.23. The number of benzene rings is 1. The zero-order valence-corrected chi connectivity index (χ0v) is 28.8. The number of ether oxygens (including phenoxy) is 3. The molecule has 3 amide bonds. The third kappa shape index (κ3) is 7.53. The molecule has 14 nitrogen and oxygen atoms in total. The van der Waals surface area contributed by atoms with Crippen LogP contribution in [0.4, 0.5) is 4.79 Å². The summed E-state index contributed by atoms with van der Waals surface area (Å²) in [5.41, 5.74) is -1.65. The Hall–Kier alpha value is -5.14. The second-order valence-corrected chi connectivity index (χ2v) is 14.1. The highest BCUT2D eigenvalue weighted by Crippen LogP contribution is 2.45. The predicted molar refractivity (Wildman–Crippen MR) is 182 cm³/mol. The summed E-state index contributed by atoms with van der Waals surface area (Å²) >= 11 is 0. The molecule has 0 radical (unpaired) electrons. The van der Waals surface area contributed by atoms with E-state index in [-0.39, 0.29) is 25.3 Å². The molecule has 3 aromatic rings. The van der Waals surface area contributed by atoms with E-state index in [1.807, 2.05) is 18.2 Å². The molecule has 1 unspecified atom stereocenters. The van der Waals surface area contributed by atoms with Crippen molar-refractivity contribution in [1.29, 1.82) is 0 Å². The first-order valence-electron chi connectivity index (χ1n) is 17.0. The molecule has 6 rings (SSSR count). The summed E-state index contributed by atoms with van der Waals surface area (Å²) in [4.78, 5) is 59.9. The fourth-order valence-electron chi connectivity index (χ4n) is 6.69. The van der Waals surface area contributed by atoms with Crippen LogP contribution in [0.1, 0.15) is 65.7 Å². The van der Waals surface area contributed by atoms with Crippen LogP contribution in [-0.2, 0) is 19.1 Å². The van der Waals surface area contributed by atoms with Crippen molar-refractivity contribution in [1.82, 2.24) is 30.3 Å². The van der Waals surface area contributed by atoms with Gasteiger partial charge in [0.1, 0.15) is 40.8 Å². The molecule has 2 aromatic heterocycles. The number of carbonyl (C=O) groups excluding carboxylic acids is 3. The fraction of sp³-hybridized carbons (Fsp3) is 0.500. The summed E-state index contributed by atoms with van der Waals surface area (Å²) in [5, 5.41) is 20.7. The van der Waals surface area contributed by atoms with E-state index in [1.54, 1.807) is 69.2 Å². The number of aliphatic carboxylic acids is 1. The Balaban J connectivity index is 1.34. The van der Waals surface area contributed by atoms with Crippen molar-refractivity contribution in [2.45, 2.75) is 95.0 Å². The van der Waals surface area contributed by atoms with Gasteiger partial charge in [-0.25, -0.2) is 19.3 Å². The van der Waals surface area contributed by atoms with E-state index in [2.05, 4.69) is 15.7 Å². The van der Waals surface area contributed by atoms with Crippen molar-refractivity contribution >= 4 is 34.8 Å².